The Morgan fingerprint density at radius 2 is 1.82 bits per heavy atom. The molecule has 0 bridgehead atoms. The van der Waals surface area contributed by atoms with E-state index < -0.39 is 0 Å². The molecule has 3 rings (SSSR count). The molecule has 0 aliphatic rings. The standard InChI is InChI=1S/C25H30N4O4S/c1-3-28(17-22(30)26-20-13-8-9-14-21(20)33-2)23(31)15-5-4-10-16-29-24(32)18-11-6-7-12-19(18)27-25(29)34/h6-9,11-14H,3-5,10,15-17H2,1-2H3,(H,26,30)(H,27,34). The van der Waals surface area contributed by atoms with Gasteiger partial charge in [-0.15, -0.1) is 0 Å². The highest BCUT2D eigenvalue weighted by atomic mass is 32.1. The minimum absolute atomic E-state index is 0.0188. The third kappa shape index (κ3) is 6.32. The molecule has 2 amide bonds. The van der Waals surface area contributed by atoms with Crippen molar-refractivity contribution >= 4 is 40.6 Å². The van der Waals surface area contributed by atoms with Crippen LogP contribution in [-0.4, -0.2) is 46.5 Å². The van der Waals surface area contributed by atoms with Crippen LogP contribution in [0.2, 0.25) is 0 Å². The fraction of sp³-hybridized carbons (Fsp3) is 0.360. The number of ether oxygens (including phenoxy) is 1. The zero-order chi connectivity index (χ0) is 24.5. The minimum Gasteiger partial charge on any atom is -0.495 e. The molecular weight excluding hydrogens is 452 g/mol. The maximum Gasteiger partial charge on any atom is 0.262 e. The molecule has 2 aromatic carbocycles. The van der Waals surface area contributed by atoms with E-state index in [1.165, 1.54) is 12.0 Å². The van der Waals surface area contributed by atoms with Gasteiger partial charge in [-0.05, 0) is 56.2 Å². The Labute approximate surface area is 203 Å². The van der Waals surface area contributed by atoms with Gasteiger partial charge in [-0.2, -0.15) is 0 Å². The average Bonchev–Trinajstić information content (AvgIpc) is 2.84. The SMILES string of the molecule is CCN(CC(=O)Nc1ccccc1OC)C(=O)CCCCCn1c(=S)[nH]c2ccccc2c1=O. The maximum absolute atomic E-state index is 12.7. The van der Waals surface area contributed by atoms with Gasteiger partial charge in [-0.25, -0.2) is 0 Å². The maximum atomic E-state index is 12.7. The lowest BCUT2D eigenvalue weighted by molar-refractivity contribution is -0.134. The van der Waals surface area contributed by atoms with Crippen molar-refractivity contribution in [1.82, 2.24) is 14.5 Å². The molecule has 0 radical (unpaired) electrons. The van der Waals surface area contributed by atoms with Crippen LogP contribution in [0.5, 0.6) is 5.75 Å². The summed E-state index contributed by atoms with van der Waals surface area (Å²) in [4.78, 5) is 42.4. The molecule has 0 atom stereocenters. The Morgan fingerprint density at radius 1 is 1.09 bits per heavy atom. The van der Waals surface area contributed by atoms with Crippen molar-refractivity contribution in [3.05, 3.63) is 63.7 Å². The van der Waals surface area contributed by atoms with Crippen LogP contribution < -0.4 is 15.6 Å². The number of nitrogens with zero attached hydrogens (tertiary/aromatic N) is 2. The number of aromatic nitrogens is 2. The first-order chi connectivity index (χ1) is 16.4. The predicted octanol–water partition coefficient (Wildman–Crippen LogP) is 4.12. The van der Waals surface area contributed by atoms with Crippen molar-refractivity contribution in [2.45, 2.75) is 39.2 Å². The van der Waals surface area contributed by atoms with Gasteiger partial charge in [0.25, 0.3) is 5.56 Å². The fourth-order valence-electron chi connectivity index (χ4n) is 3.77. The number of rotatable bonds is 11. The Kier molecular flexibility index (Phi) is 8.98. The number of hydrogen-bond acceptors (Lipinski definition) is 5. The van der Waals surface area contributed by atoms with Crippen molar-refractivity contribution in [3.8, 4) is 5.75 Å². The predicted molar refractivity (Wildman–Crippen MR) is 136 cm³/mol. The summed E-state index contributed by atoms with van der Waals surface area (Å²) < 4.78 is 7.21. The molecule has 1 heterocycles. The summed E-state index contributed by atoms with van der Waals surface area (Å²) in [7, 11) is 1.54. The molecule has 0 aliphatic carbocycles. The monoisotopic (exact) mass is 482 g/mol. The number of benzene rings is 2. The Balaban J connectivity index is 1.46. The molecule has 2 N–H and O–H groups in total. The number of unbranched alkanes of at least 4 members (excludes halogenated alkanes) is 2. The second kappa shape index (κ2) is 12.1. The molecule has 180 valence electrons. The molecular formula is C25H30N4O4S. The molecule has 0 fully saturated rings. The Morgan fingerprint density at radius 3 is 2.59 bits per heavy atom. The van der Waals surface area contributed by atoms with Crippen LogP contribution in [0, 0.1) is 4.77 Å². The van der Waals surface area contributed by atoms with Gasteiger partial charge in [0, 0.05) is 19.5 Å². The van der Waals surface area contributed by atoms with Gasteiger partial charge < -0.3 is 19.9 Å². The van der Waals surface area contributed by atoms with Crippen molar-refractivity contribution in [2.75, 3.05) is 25.5 Å². The van der Waals surface area contributed by atoms with Gasteiger partial charge in [-0.3, -0.25) is 19.0 Å². The number of H-pyrrole nitrogens is 1. The number of anilines is 1. The zero-order valence-corrected chi connectivity index (χ0v) is 20.3. The van der Waals surface area contributed by atoms with E-state index in [9.17, 15) is 14.4 Å². The van der Waals surface area contributed by atoms with Gasteiger partial charge in [0.1, 0.15) is 5.75 Å². The van der Waals surface area contributed by atoms with Crippen molar-refractivity contribution in [1.29, 1.82) is 0 Å². The summed E-state index contributed by atoms with van der Waals surface area (Å²) in [5.41, 5.74) is 1.20. The van der Waals surface area contributed by atoms with Gasteiger partial charge in [0.15, 0.2) is 4.77 Å². The highest BCUT2D eigenvalue weighted by Crippen LogP contribution is 2.22. The van der Waals surface area contributed by atoms with Crippen molar-refractivity contribution < 1.29 is 14.3 Å². The lowest BCUT2D eigenvalue weighted by Gasteiger charge is -2.21. The second-order valence-electron chi connectivity index (χ2n) is 7.90. The molecule has 0 aliphatic heterocycles. The van der Waals surface area contributed by atoms with Crippen LogP contribution >= 0.6 is 12.2 Å². The van der Waals surface area contributed by atoms with Crippen molar-refractivity contribution in [2.24, 2.45) is 0 Å². The molecule has 34 heavy (non-hydrogen) atoms. The van der Waals surface area contributed by atoms with E-state index in [1.54, 1.807) is 28.8 Å². The Hall–Kier alpha value is -3.46. The van der Waals surface area contributed by atoms with Crippen LogP contribution in [0.3, 0.4) is 0 Å². The number of amides is 2. The fourth-order valence-corrected chi connectivity index (χ4v) is 4.05. The minimum atomic E-state index is -0.274. The van der Waals surface area contributed by atoms with Crippen molar-refractivity contribution in [3.63, 3.8) is 0 Å². The smallest absolute Gasteiger partial charge is 0.262 e. The Bertz CT molecular complexity index is 1270. The topological polar surface area (TPSA) is 96.4 Å². The molecule has 9 heteroatoms. The quantitative estimate of drug-likeness (QED) is 0.317. The van der Waals surface area contributed by atoms with Crippen LogP contribution in [0.25, 0.3) is 10.9 Å². The number of carbonyl (C=O) groups is 2. The zero-order valence-electron chi connectivity index (χ0n) is 19.5. The summed E-state index contributed by atoms with van der Waals surface area (Å²) in [5.74, 6) is 0.220. The third-order valence-electron chi connectivity index (χ3n) is 5.61. The number of methoxy groups -OCH3 is 1. The largest absolute Gasteiger partial charge is 0.495 e. The van der Waals surface area contributed by atoms with Gasteiger partial charge >= 0.3 is 0 Å². The highest BCUT2D eigenvalue weighted by Gasteiger charge is 2.16. The van der Waals surface area contributed by atoms with Gasteiger partial charge in [0.2, 0.25) is 11.8 Å². The van der Waals surface area contributed by atoms with Crippen LogP contribution in [-0.2, 0) is 16.1 Å². The highest BCUT2D eigenvalue weighted by molar-refractivity contribution is 7.71. The first kappa shape index (κ1) is 25.2. The summed E-state index contributed by atoms with van der Waals surface area (Å²) in [6, 6.07) is 14.4. The lowest BCUT2D eigenvalue weighted by Crippen LogP contribution is -2.37. The number of aromatic amines is 1. The third-order valence-corrected chi connectivity index (χ3v) is 5.93. The normalized spacial score (nSPS) is 10.8. The molecule has 8 nitrogen and oxygen atoms in total. The van der Waals surface area contributed by atoms with E-state index in [0.29, 0.717) is 47.5 Å². The van der Waals surface area contributed by atoms with Gasteiger partial charge in [-0.1, -0.05) is 30.7 Å². The van der Waals surface area contributed by atoms with E-state index in [-0.39, 0.29) is 23.9 Å². The van der Waals surface area contributed by atoms with Crippen LogP contribution in [0.15, 0.2) is 53.3 Å². The lowest BCUT2D eigenvalue weighted by atomic mass is 10.1. The number of carbonyl (C=O) groups excluding carboxylic acids is 2. The summed E-state index contributed by atoms with van der Waals surface area (Å²) in [5, 5.41) is 3.40. The molecule has 0 saturated heterocycles. The molecule has 0 spiro atoms. The van der Waals surface area contributed by atoms with E-state index in [1.807, 2.05) is 31.2 Å². The number of fused-ring (bicyclic) bond motifs is 1. The molecule has 3 aromatic rings. The first-order valence-electron chi connectivity index (χ1n) is 11.4. The second-order valence-corrected chi connectivity index (χ2v) is 8.29. The van der Waals surface area contributed by atoms with E-state index in [0.717, 1.165) is 18.4 Å². The summed E-state index contributed by atoms with van der Waals surface area (Å²) >= 11 is 5.34. The number of hydrogen-bond donors (Lipinski definition) is 2. The van der Waals surface area contributed by atoms with E-state index in [4.69, 9.17) is 17.0 Å². The van der Waals surface area contributed by atoms with Crippen LogP contribution in [0.4, 0.5) is 5.69 Å². The number of nitrogens with one attached hydrogen (secondary N) is 2. The summed E-state index contributed by atoms with van der Waals surface area (Å²) in [6.45, 7) is 2.77. The van der Waals surface area contributed by atoms with Crippen LogP contribution in [0.1, 0.15) is 32.6 Å². The average molecular weight is 483 g/mol. The summed E-state index contributed by atoms with van der Waals surface area (Å²) in [6.07, 6.45) is 2.51. The van der Waals surface area contributed by atoms with E-state index in [2.05, 4.69) is 10.3 Å². The molecule has 0 unspecified atom stereocenters. The molecule has 0 saturated carbocycles. The molecule has 1 aromatic heterocycles. The number of likely N-dealkylation sites (N-methyl/N-ethyl adjacent to an activating group) is 1. The number of para-hydroxylation sites is 3. The first-order valence-corrected chi connectivity index (χ1v) is 11.8. The van der Waals surface area contributed by atoms with Gasteiger partial charge in [0.05, 0.1) is 30.2 Å². The van der Waals surface area contributed by atoms with E-state index >= 15 is 0 Å².